The van der Waals surface area contributed by atoms with Gasteiger partial charge in [-0.3, -0.25) is 4.57 Å². The quantitative estimate of drug-likeness (QED) is 0.612. The summed E-state index contributed by atoms with van der Waals surface area (Å²) in [5.74, 6) is 1.08. The number of rotatable bonds is 6. The Labute approximate surface area is 163 Å². The van der Waals surface area contributed by atoms with Gasteiger partial charge < -0.3 is 9.29 Å². The minimum absolute atomic E-state index is 0.0407. The highest BCUT2D eigenvalue weighted by molar-refractivity contribution is 7.78. The molecule has 1 aromatic heterocycles. The van der Waals surface area contributed by atoms with Crippen LogP contribution in [0.3, 0.4) is 0 Å². The van der Waals surface area contributed by atoms with Crippen molar-refractivity contribution in [1.29, 1.82) is 0 Å². The van der Waals surface area contributed by atoms with E-state index in [1.54, 1.807) is 19.2 Å². The number of benzene rings is 2. The van der Waals surface area contributed by atoms with Crippen molar-refractivity contribution in [2.45, 2.75) is 19.3 Å². The Bertz CT molecular complexity index is 1060. The zero-order valence-electron chi connectivity index (χ0n) is 14.7. The number of aromatic amines is 1. The summed E-state index contributed by atoms with van der Waals surface area (Å²) >= 11 is 4.37. The summed E-state index contributed by atoms with van der Waals surface area (Å²) in [7, 11) is 1.61. The molecular weight excluding hydrogens is 390 g/mol. The Morgan fingerprint density at radius 1 is 1.33 bits per heavy atom. The first-order chi connectivity index (χ1) is 12.8. The molecule has 9 heteroatoms. The molecule has 1 heterocycles. The van der Waals surface area contributed by atoms with Gasteiger partial charge in [0.2, 0.25) is 0 Å². The van der Waals surface area contributed by atoms with Crippen molar-refractivity contribution in [2.75, 3.05) is 0 Å². The molecule has 0 spiro atoms. The van der Waals surface area contributed by atoms with E-state index in [9.17, 15) is 9.00 Å². The number of hydrogen-bond donors (Lipinski definition) is 2. The molecule has 0 aliphatic carbocycles. The van der Waals surface area contributed by atoms with E-state index in [1.807, 2.05) is 31.2 Å². The summed E-state index contributed by atoms with van der Waals surface area (Å²) in [6.45, 7) is 1.97. The van der Waals surface area contributed by atoms with Crippen molar-refractivity contribution < 1.29 is 13.5 Å². The molecule has 2 N–H and O–H groups in total. The highest BCUT2D eigenvalue weighted by Gasteiger charge is 2.13. The lowest BCUT2D eigenvalue weighted by Gasteiger charge is -2.14. The molecule has 0 aliphatic rings. The lowest BCUT2D eigenvalue weighted by Crippen LogP contribution is -2.15. The van der Waals surface area contributed by atoms with Crippen LogP contribution < -0.4 is 10.4 Å². The van der Waals surface area contributed by atoms with Crippen LogP contribution in [0.5, 0.6) is 5.75 Å². The zero-order valence-corrected chi connectivity index (χ0v) is 16.3. The Hall–Kier alpha value is -2.42. The number of nitrogens with zero attached hydrogens (tertiary/aromatic N) is 2. The molecule has 2 aromatic carbocycles. The van der Waals surface area contributed by atoms with E-state index in [2.05, 4.69) is 10.2 Å². The molecule has 3 aromatic rings. The maximum absolute atomic E-state index is 11.5. The van der Waals surface area contributed by atoms with Gasteiger partial charge in [-0.2, -0.15) is 5.10 Å². The first-order valence-electron chi connectivity index (χ1n) is 8.05. The largest absolute Gasteiger partial charge is 0.485 e. The summed E-state index contributed by atoms with van der Waals surface area (Å²) in [4.78, 5) is 11.5. The normalized spacial score (nSPS) is 12.1. The van der Waals surface area contributed by atoms with Crippen LogP contribution in [0.4, 0.5) is 0 Å². The molecule has 1 atom stereocenters. The minimum atomic E-state index is -1.92. The van der Waals surface area contributed by atoms with Crippen LogP contribution in [0, 0.1) is 6.92 Å². The average Bonchev–Trinajstić information content (AvgIpc) is 2.94. The number of nitrogens with one attached hydrogen (secondary N) is 1. The second kappa shape index (κ2) is 8.08. The third-order valence-corrected chi connectivity index (χ3v) is 5.11. The van der Waals surface area contributed by atoms with E-state index < -0.39 is 11.1 Å². The van der Waals surface area contributed by atoms with Gasteiger partial charge in [0.1, 0.15) is 12.4 Å². The van der Waals surface area contributed by atoms with Crippen molar-refractivity contribution in [2.24, 2.45) is 7.05 Å². The number of ether oxygens (including phenoxy) is 1. The first kappa shape index (κ1) is 19.3. The minimum Gasteiger partial charge on any atom is -0.485 e. The van der Waals surface area contributed by atoms with Gasteiger partial charge in [0, 0.05) is 17.6 Å². The average molecular weight is 408 g/mol. The van der Waals surface area contributed by atoms with Gasteiger partial charge >= 0.3 is 5.69 Å². The highest BCUT2D eigenvalue weighted by Crippen LogP contribution is 2.35. The van der Waals surface area contributed by atoms with Crippen LogP contribution in [-0.4, -0.2) is 23.5 Å². The SMILES string of the molecule is Cc1cc(OCc2n[nH]c(=O)n2C)c(-c2cccc(CS(=O)O)c2)cc1Cl. The summed E-state index contributed by atoms with van der Waals surface area (Å²) in [6, 6.07) is 10.9. The van der Waals surface area contributed by atoms with Gasteiger partial charge in [-0.05, 0) is 35.7 Å². The van der Waals surface area contributed by atoms with Crippen LogP contribution in [-0.2, 0) is 30.5 Å². The lowest BCUT2D eigenvalue weighted by molar-refractivity contribution is 0.292. The molecule has 3 rings (SSSR count). The smallest absolute Gasteiger partial charge is 0.343 e. The second-order valence-corrected chi connectivity index (χ2v) is 7.40. The fraction of sp³-hybridized carbons (Fsp3) is 0.222. The van der Waals surface area contributed by atoms with Gasteiger partial charge in [-0.15, -0.1) is 0 Å². The van der Waals surface area contributed by atoms with Crippen molar-refractivity contribution >= 4 is 22.7 Å². The molecule has 0 amide bonds. The Morgan fingerprint density at radius 2 is 2.11 bits per heavy atom. The molecule has 0 saturated carbocycles. The number of aromatic nitrogens is 3. The van der Waals surface area contributed by atoms with E-state index in [1.165, 1.54) is 4.57 Å². The molecule has 0 radical (unpaired) electrons. The van der Waals surface area contributed by atoms with Gasteiger partial charge in [-0.1, -0.05) is 35.9 Å². The number of hydrogen-bond acceptors (Lipinski definition) is 4. The molecule has 27 heavy (non-hydrogen) atoms. The van der Waals surface area contributed by atoms with Gasteiger partial charge in [0.15, 0.2) is 16.9 Å². The molecular formula is C18H18ClN3O4S. The van der Waals surface area contributed by atoms with Gasteiger partial charge in [0.25, 0.3) is 0 Å². The first-order valence-corrected chi connectivity index (χ1v) is 9.70. The van der Waals surface area contributed by atoms with Crippen molar-refractivity contribution in [1.82, 2.24) is 14.8 Å². The second-order valence-electron chi connectivity index (χ2n) is 6.06. The van der Waals surface area contributed by atoms with Gasteiger partial charge in [0.05, 0.1) is 5.75 Å². The van der Waals surface area contributed by atoms with Crippen molar-refractivity contribution in [3.8, 4) is 16.9 Å². The van der Waals surface area contributed by atoms with Crippen molar-refractivity contribution in [3.05, 3.63) is 68.9 Å². The summed E-state index contributed by atoms with van der Waals surface area (Å²) < 4.78 is 27.5. The van der Waals surface area contributed by atoms with Gasteiger partial charge in [-0.25, -0.2) is 14.1 Å². The highest BCUT2D eigenvalue weighted by atomic mass is 35.5. The van der Waals surface area contributed by atoms with Crippen LogP contribution in [0.15, 0.2) is 41.2 Å². The maximum atomic E-state index is 11.5. The number of H-pyrrole nitrogens is 1. The third-order valence-electron chi connectivity index (χ3n) is 4.12. The Morgan fingerprint density at radius 3 is 2.78 bits per heavy atom. The number of halogens is 1. The van der Waals surface area contributed by atoms with Crippen LogP contribution in [0.1, 0.15) is 17.0 Å². The fourth-order valence-electron chi connectivity index (χ4n) is 2.62. The van der Waals surface area contributed by atoms with E-state index in [4.69, 9.17) is 20.9 Å². The topological polar surface area (TPSA) is 97.2 Å². The molecule has 142 valence electrons. The van der Waals surface area contributed by atoms with Crippen molar-refractivity contribution in [3.63, 3.8) is 0 Å². The molecule has 0 aliphatic heterocycles. The van der Waals surface area contributed by atoms with Crippen LogP contribution in [0.2, 0.25) is 5.02 Å². The van der Waals surface area contributed by atoms with Crippen LogP contribution in [0.25, 0.3) is 11.1 Å². The van der Waals surface area contributed by atoms with E-state index >= 15 is 0 Å². The Kier molecular flexibility index (Phi) is 5.79. The molecule has 0 bridgehead atoms. The predicted molar refractivity (Wildman–Crippen MR) is 104 cm³/mol. The predicted octanol–water partition coefficient (Wildman–Crippen LogP) is 3.04. The summed E-state index contributed by atoms with van der Waals surface area (Å²) in [6.07, 6.45) is 0. The monoisotopic (exact) mass is 407 g/mol. The Balaban J connectivity index is 1.97. The standard InChI is InChI=1S/C18H18ClN3O4S/c1-11-6-16(26-9-17-20-21-18(23)22(17)2)14(8-15(11)19)13-5-3-4-12(7-13)10-27(24)25/h3-8H,9-10H2,1-2H3,(H,21,23)(H,24,25). The van der Waals surface area contributed by atoms with E-state index in [-0.39, 0.29) is 18.0 Å². The fourth-order valence-corrected chi connectivity index (χ4v) is 3.25. The van der Waals surface area contributed by atoms with E-state index in [0.717, 1.165) is 22.3 Å². The maximum Gasteiger partial charge on any atom is 0.343 e. The number of aryl methyl sites for hydroxylation is 1. The third kappa shape index (κ3) is 4.47. The molecule has 0 fully saturated rings. The summed E-state index contributed by atoms with van der Waals surface area (Å²) in [5, 5.41) is 6.89. The summed E-state index contributed by atoms with van der Waals surface area (Å²) in [5.41, 5.74) is 2.82. The molecule has 7 nitrogen and oxygen atoms in total. The zero-order chi connectivity index (χ0) is 19.6. The molecule has 1 unspecified atom stereocenters. The molecule has 0 saturated heterocycles. The lowest BCUT2D eigenvalue weighted by atomic mass is 10.0. The van der Waals surface area contributed by atoms with E-state index in [0.29, 0.717) is 16.6 Å². The van der Waals surface area contributed by atoms with Crippen LogP contribution >= 0.6 is 11.6 Å².